The van der Waals surface area contributed by atoms with Gasteiger partial charge in [-0.05, 0) is 60.4 Å². The van der Waals surface area contributed by atoms with Gasteiger partial charge in [-0.1, -0.05) is 60.7 Å². The zero-order valence-corrected chi connectivity index (χ0v) is 29.9. The monoisotopic (exact) mass is 718 g/mol. The van der Waals surface area contributed by atoms with Gasteiger partial charge in [-0.25, -0.2) is 0 Å². The number of ether oxygens (including phenoxy) is 8. The average Bonchev–Trinajstić information content (AvgIpc) is 3.93. The minimum atomic E-state index is -1.32. The first kappa shape index (κ1) is 38.3. The Morgan fingerprint density at radius 2 is 1.17 bits per heavy atom. The highest BCUT2D eigenvalue weighted by Gasteiger charge is 2.52. The number of hydrogen-bond donors (Lipinski definition) is 0. The van der Waals surface area contributed by atoms with Crippen molar-refractivity contribution in [2.24, 2.45) is 5.92 Å². The second kappa shape index (κ2) is 18.5. The highest BCUT2D eigenvalue weighted by atomic mass is 16.7. The van der Waals surface area contributed by atoms with Crippen LogP contribution in [0.1, 0.15) is 62.8 Å². The Labute approximate surface area is 303 Å². The lowest BCUT2D eigenvalue weighted by atomic mass is 9.98. The predicted octanol–water partition coefficient (Wildman–Crippen LogP) is 5.44. The van der Waals surface area contributed by atoms with Crippen LogP contribution in [0.5, 0.6) is 11.5 Å². The van der Waals surface area contributed by atoms with Crippen molar-refractivity contribution in [2.45, 2.75) is 97.3 Å². The van der Waals surface area contributed by atoms with Crippen molar-refractivity contribution in [2.75, 3.05) is 13.2 Å². The Balaban J connectivity index is 1.40. The number of carbonyl (C=O) groups excluding carboxylic acids is 4. The first-order chi connectivity index (χ1) is 25.0. The first-order valence-electron chi connectivity index (χ1n) is 17.5. The number of esters is 4. The summed E-state index contributed by atoms with van der Waals surface area (Å²) in [7, 11) is 0. The van der Waals surface area contributed by atoms with E-state index in [0.717, 1.165) is 53.0 Å². The molecule has 2 fully saturated rings. The fourth-order valence-electron chi connectivity index (χ4n) is 5.97. The Kier molecular flexibility index (Phi) is 13.6. The molecule has 3 aromatic rings. The van der Waals surface area contributed by atoms with E-state index in [-0.39, 0.29) is 13.2 Å². The normalized spacial score (nSPS) is 21.0. The van der Waals surface area contributed by atoms with Gasteiger partial charge in [0.1, 0.15) is 37.4 Å². The van der Waals surface area contributed by atoms with Gasteiger partial charge in [0.25, 0.3) is 0 Å². The van der Waals surface area contributed by atoms with Crippen LogP contribution in [0.2, 0.25) is 0 Å². The van der Waals surface area contributed by atoms with Crippen molar-refractivity contribution in [1.29, 1.82) is 0 Å². The van der Waals surface area contributed by atoms with Crippen LogP contribution in [0.15, 0.2) is 72.8 Å². The maximum absolute atomic E-state index is 12.2. The Bertz CT molecular complexity index is 1590. The molecular formula is C40H46O12. The molecule has 1 heterocycles. The summed E-state index contributed by atoms with van der Waals surface area (Å²) in [6, 6.07) is 23.8. The summed E-state index contributed by atoms with van der Waals surface area (Å²) in [6.45, 7) is 5.21. The molecule has 0 spiro atoms. The molecule has 12 heteroatoms. The van der Waals surface area contributed by atoms with Gasteiger partial charge in [0.15, 0.2) is 24.6 Å². The van der Waals surface area contributed by atoms with Gasteiger partial charge in [0.05, 0.1) is 6.61 Å². The molecule has 0 radical (unpaired) electrons. The van der Waals surface area contributed by atoms with Gasteiger partial charge in [0.2, 0.25) is 0 Å². The highest BCUT2D eigenvalue weighted by molar-refractivity contribution is 5.68. The summed E-state index contributed by atoms with van der Waals surface area (Å²) >= 11 is 0. The standard InChI is InChI=1S/C40H46O12/c1-25(41)46-24-36-37(49-26(2)42)38(50-27(3)43)39(51-28(4)44)40(52-36)45-18-17-32-20-34(47-22-30-11-7-5-8-12-30)33(19-29-15-16-29)35(21-32)48-23-31-13-9-6-10-14-31/h5-14,20-21,29,36-40H,15-19,22-24H2,1-4H3/t36-,37-,38+,39-,40-/m1/s1. The zero-order chi connectivity index (χ0) is 37.0. The molecule has 52 heavy (non-hydrogen) atoms. The van der Waals surface area contributed by atoms with E-state index in [9.17, 15) is 19.2 Å². The SMILES string of the molecule is CC(=O)OC[C@H]1O[C@@H](OCCc2cc(OCc3ccccc3)c(CC3CC3)c(OCc3ccccc3)c2)[C@H](OC(C)=O)[C@@H](OC(C)=O)[C@@H]1OC(C)=O. The minimum Gasteiger partial charge on any atom is -0.488 e. The molecule has 0 aromatic heterocycles. The van der Waals surface area contributed by atoms with E-state index >= 15 is 0 Å². The second-order valence-corrected chi connectivity index (χ2v) is 13.0. The van der Waals surface area contributed by atoms with Crippen LogP contribution in [0.4, 0.5) is 0 Å². The summed E-state index contributed by atoms with van der Waals surface area (Å²) in [5.74, 6) is -0.716. The summed E-state index contributed by atoms with van der Waals surface area (Å²) in [6.07, 6.45) is -2.78. The lowest BCUT2D eigenvalue weighted by molar-refractivity contribution is -0.307. The minimum absolute atomic E-state index is 0.0615. The van der Waals surface area contributed by atoms with Crippen LogP contribution in [-0.4, -0.2) is 67.8 Å². The first-order valence-corrected chi connectivity index (χ1v) is 17.5. The molecular weight excluding hydrogens is 672 g/mol. The van der Waals surface area contributed by atoms with Crippen LogP contribution in [-0.2, 0) is 73.7 Å². The molecule has 2 aliphatic rings. The number of hydrogen-bond acceptors (Lipinski definition) is 12. The molecule has 3 aromatic carbocycles. The van der Waals surface area contributed by atoms with E-state index in [2.05, 4.69) is 0 Å². The number of carbonyl (C=O) groups is 4. The molecule has 1 saturated carbocycles. The molecule has 5 rings (SSSR count). The van der Waals surface area contributed by atoms with E-state index in [1.807, 2.05) is 72.8 Å². The maximum atomic E-state index is 12.2. The third-order valence-electron chi connectivity index (χ3n) is 8.51. The lowest BCUT2D eigenvalue weighted by Crippen LogP contribution is -2.63. The van der Waals surface area contributed by atoms with E-state index in [0.29, 0.717) is 25.6 Å². The number of benzene rings is 3. The van der Waals surface area contributed by atoms with Gasteiger partial charge < -0.3 is 37.9 Å². The van der Waals surface area contributed by atoms with E-state index in [1.165, 1.54) is 27.7 Å². The van der Waals surface area contributed by atoms with E-state index in [4.69, 9.17) is 37.9 Å². The average molecular weight is 719 g/mol. The summed E-state index contributed by atoms with van der Waals surface area (Å²) in [5, 5.41) is 0. The molecule has 0 N–H and O–H groups in total. The van der Waals surface area contributed by atoms with E-state index < -0.39 is 54.6 Å². The molecule has 278 valence electrons. The third-order valence-corrected chi connectivity index (χ3v) is 8.51. The molecule has 0 amide bonds. The molecule has 1 aliphatic heterocycles. The van der Waals surface area contributed by atoms with Crippen LogP contribution in [0, 0.1) is 5.92 Å². The van der Waals surface area contributed by atoms with Crippen molar-refractivity contribution in [1.82, 2.24) is 0 Å². The van der Waals surface area contributed by atoms with Gasteiger partial charge in [-0.2, -0.15) is 0 Å². The van der Waals surface area contributed by atoms with Crippen LogP contribution in [0.25, 0.3) is 0 Å². The molecule has 1 aliphatic carbocycles. The Hall–Kier alpha value is -4.94. The van der Waals surface area contributed by atoms with Crippen molar-refractivity contribution >= 4 is 23.9 Å². The zero-order valence-electron chi connectivity index (χ0n) is 29.9. The van der Waals surface area contributed by atoms with Crippen molar-refractivity contribution in [3.8, 4) is 11.5 Å². The van der Waals surface area contributed by atoms with Crippen molar-refractivity contribution < 1.29 is 57.1 Å². The fraction of sp³-hybridized carbons (Fsp3) is 0.450. The van der Waals surface area contributed by atoms with E-state index in [1.54, 1.807) is 0 Å². The molecule has 0 unspecified atom stereocenters. The quantitative estimate of drug-likeness (QED) is 0.130. The molecule has 5 atom stereocenters. The predicted molar refractivity (Wildman–Crippen MR) is 186 cm³/mol. The van der Waals surface area contributed by atoms with Crippen molar-refractivity contribution in [3.63, 3.8) is 0 Å². The number of rotatable bonds is 17. The molecule has 0 bridgehead atoms. The van der Waals surface area contributed by atoms with Crippen molar-refractivity contribution in [3.05, 3.63) is 95.1 Å². The summed E-state index contributed by atoms with van der Waals surface area (Å²) in [5.41, 5.74) is 3.93. The third kappa shape index (κ3) is 11.5. The Morgan fingerprint density at radius 1 is 0.654 bits per heavy atom. The summed E-state index contributed by atoms with van der Waals surface area (Å²) in [4.78, 5) is 48.2. The largest absolute Gasteiger partial charge is 0.488 e. The lowest BCUT2D eigenvalue weighted by Gasteiger charge is -2.44. The van der Waals surface area contributed by atoms with Crippen LogP contribution in [0.3, 0.4) is 0 Å². The van der Waals surface area contributed by atoms with Gasteiger partial charge in [0, 0.05) is 33.3 Å². The van der Waals surface area contributed by atoms with Gasteiger partial charge in [-0.15, -0.1) is 0 Å². The maximum Gasteiger partial charge on any atom is 0.303 e. The Morgan fingerprint density at radius 3 is 1.67 bits per heavy atom. The fourth-order valence-corrected chi connectivity index (χ4v) is 5.97. The van der Waals surface area contributed by atoms with Crippen LogP contribution < -0.4 is 9.47 Å². The molecule has 1 saturated heterocycles. The second-order valence-electron chi connectivity index (χ2n) is 13.0. The summed E-state index contributed by atoms with van der Waals surface area (Å²) < 4.78 is 46.9. The highest BCUT2D eigenvalue weighted by Crippen LogP contribution is 2.41. The molecule has 12 nitrogen and oxygen atoms in total. The van der Waals surface area contributed by atoms with Gasteiger partial charge >= 0.3 is 23.9 Å². The van der Waals surface area contributed by atoms with Crippen LogP contribution >= 0.6 is 0 Å². The van der Waals surface area contributed by atoms with Gasteiger partial charge in [-0.3, -0.25) is 19.2 Å². The topological polar surface area (TPSA) is 142 Å². The smallest absolute Gasteiger partial charge is 0.303 e.